The number of rotatable bonds is 14. The summed E-state index contributed by atoms with van der Waals surface area (Å²) >= 11 is 24.0. The molecule has 3 heterocycles. The van der Waals surface area contributed by atoms with E-state index in [-0.39, 0.29) is 52.6 Å². The number of hydrogen-bond donors (Lipinski definition) is 6. The van der Waals surface area contributed by atoms with Gasteiger partial charge in [-0.3, -0.25) is 0 Å². The summed E-state index contributed by atoms with van der Waals surface area (Å²) < 4.78 is 0. The van der Waals surface area contributed by atoms with Gasteiger partial charge in [0.15, 0.2) is 34.5 Å². The quantitative estimate of drug-likeness (QED) is 0.0458. The number of halogens is 1. The average Bonchev–Trinajstić information content (AvgIpc) is 1.90. The second-order valence-electron chi connectivity index (χ2n) is 22.8. The van der Waals surface area contributed by atoms with Crippen molar-refractivity contribution in [1.29, 1.82) is 0 Å². The standard InChI is InChI=1S/C26H26ClNO2S.C25H25NO2S.C24H23NO2S/c1-17-10-11-18(22(27)14-17)8-5-9-25(31)28-13-12-20-15-23(29)24(30)16-21(20)26(28)19-6-3-2-4-7-19;27-22-16-20-14-15-26(24(29)13-7-10-18-8-3-1-4-9-18)25(21(20)17-23(22)28)19-11-5-2-6-12-19;26-21-15-19-13-14-25(23(28)12-11-17-7-3-1-4-8-17)24(20(19)16-22(21)27)18-9-5-2-6-10-18/h2-4,6-7,10-11,14-16,26,29-30H,5,8-9,12-13H2,1H3;1-6,8-9,11-12,16-17,25,27-28H,7,10,13-15H2;1-10,15-16,24,26-27H,11-14H2. The zero-order valence-electron chi connectivity index (χ0n) is 49.4. The number of benzene rings is 9. The number of phenolic OH excluding ortho intramolecular Hbond substituents is 6. The Bertz CT molecular complexity index is 3860. The minimum atomic E-state index is -0.0959. The van der Waals surface area contributed by atoms with Gasteiger partial charge in [-0.05, 0) is 186 Å². The molecule has 0 saturated heterocycles. The number of aryl methyl sites for hydroxylation is 4. The highest BCUT2D eigenvalue weighted by atomic mass is 35.5. The Kier molecular flexibility index (Phi) is 21.1. The molecule has 12 rings (SSSR count). The Morgan fingerprint density at radius 3 is 1.07 bits per heavy atom. The second-order valence-corrected chi connectivity index (χ2v) is 24.7. The molecule has 0 amide bonds. The van der Waals surface area contributed by atoms with Gasteiger partial charge < -0.3 is 45.3 Å². The molecular formula is C75H74ClN3O6S3. The lowest BCUT2D eigenvalue weighted by molar-refractivity contribution is 0.332. The van der Waals surface area contributed by atoms with Crippen LogP contribution in [0.15, 0.2) is 206 Å². The van der Waals surface area contributed by atoms with Crippen molar-refractivity contribution < 1.29 is 30.6 Å². The van der Waals surface area contributed by atoms with Crippen molar-refractivity contribution in [3.63, 3.8) is 0 Å². The second kappa shape index (κ2) is 29.6. The van der Waals surface area contributed by atoms with Gasteiger partial charge in [0.05, 0.1) is 33.1 Å². The van der Waals surface area contributed by atoms with E-state index in [4.69, 9.17) is 48.3 Å². The molecule has 3 aliphatic rings. The van der Waals surface area contributed by atoms with Gasteiger partial charge in [0, 0.05) is 31.1 Å². The van der Waals surface area contributed by atoms with Crippen molar-refractivity contribution in [1.82, 2.24) is 14.7 Å². The van der Waals surface area contributed by atoms with Gasteiger partial charge in [0.1, 0.15) is 0 Å². The Hall–Kier alpha value is -8.26. The molecule has 13 heteroatoms. The Morgan fingerprint density at radius 1 is 0.386 bits per heavy atom. The van der Waals surface area contributed by atoms with E-state index in [1.165, 1.54) is 11.1 Å². The predicted octanol–water partition coefficient (Wildman–Crippen LogP) is 16.8. The molecule has 9 nitrogen and oxygen atoms in total. The van der Waals surface area contributed by atoms with Crippen molar-refractivity contribution >= 4 is 63.2 Å². The Morgan fingerprint density at radius 2 is 0.705 bits per heavy atom. The van der Waals surface area contributed by atoms with Crippen LogP contribution in [0.5, 0.6) is 34.5 Å². The van der Waals surface area contributed by atoms with E-state index >= 15 is 0 Å². The van der Waals surface area contributed by atoms with E-state index in [1.54, 1.807) is 36.4 Å². The maximum Gasteiger partial charge on any atom is 0.157 e. The van der Waals surface area contributed by atoms with Crippen LogP contribution >= 0.6 is 48.3 Å². The van der Waals surface area contributed by atoms with Gasteiger partial charge in [0.2, 0.25) is 0 Å². The van der Waals surface area contributed by atoms with Crippen LogP contribution in [0, 0.1) is 6.92 Å². The van der Waals surface area contributed by atoms with E-state index in [0.29, 0.717) is 0 Å². The van der Waals surface area contributed by atoms with E-state index in [1.807, 2.05) is 79.7 Å². The number of thiocarbonyl (C=S) groups is 3. The van der Waals surface area contributed by atoms with Crippen molar-refractivity contribution in [3.8, 4) is 34.5 Å². The summed E-state index contributed by atoms with van der Waals surface area (Å²) in [6.07, 6.45) is 9.55. The van der Waals surface area contributed by atoms with Crippen LogP contribution in [0.25, 0.3) is 0 Å². The smallest absolute Gasteiger partial charge is 0.157 e. The Balaban J connectivity index is 0.000000146. The summed E-state index contributed by atoms with van der Waals surface area (Å²) in [4.78, 5) is 9.61. The normalized spacial score (nSPS) is 15.7. The fourth-order valence-corrected chi connectivity index (χ4v) is 13.7. The number of phenols is 6. The first-order valence-electron chi connectivity index (χ1n) is 30.2. The molecule has 0 fully saturated rings. The van der Waals surface area contributed by atoms with Crippen molar-refractivity contribution in [2.45, 2.75) is 95.7 Å². The molecule has 0 aliphatic carbocycles. The van der Waals surface area contributed by atoms with Crippen LogP contribution in [-0.4, -0.2) is 79.9 Å². The summed E-state index contributed by atoms with van der Waals surface area (Å²) in [6, 6.07) is 67.7. The van der Waals surface area contributed by atoms with E-state index in [2.05, 4.69) is 112 Å². The molecule has 450 valence electrons. The molecule has 0 saturated carbocycles. The summed E-state index contributed by atoms with van der Waals surface area (Å²) in [5, 5.41) is 61.1. The fraction of sp³-hybridized carbons (Fsp3) is 0.240. The SMILES string of the molecule is Cc1ccc(CCCC(=S)N2CCc3cc(O)c(O)cc3C2c2ccccc2)c(Cl)c1.Oc1cc2c(cc1O)C(c1ccccc1)N(C(=S)CCCc1ccccc1)CC2.Oc1cc2c(cc1O)C(c1ccccc1)N(C(=S)CCc1ccccc1)CC2. The highest BCUT2D eigenvalue weighted by molar-refractivity contribution is 7.80. The van der Waals surface area contributed by atoms with Crippen LogP contribution in [0.1, 0.15) is 123 Å². The largest absolute Gasteiger partial charge is 0.504 e. The van der Waals surface area contributed by atoms with Crippen LogP contribution in [0.4, 0.5) is 0 Å². The van der Waals surface area contributed by atoms with E-state index < -0.39 is 0 Å². The van der Waals surface area contributed by atoms with Gasteiger partial charge in [-0.2, -0.15) is 0 Å². The maximum absolute atomic E-state index is 10.2. The molecule has 0 aromatic heterocycles. The monoisotopic (exact) mass is 1240 g/mol. The molecule has 3 atom stereocenters. The Labute approximate surface area is 538 Å². The third kappa shape index (κ3) is 15.3. The van der Waals surface area contributed by atoms with E-state index in [0.717, 1.165) is 171 Å². The summed E-state index contributed by atoms with van der Waals surface area (Å²) in [6.45, 7) is 4.42. The fourth-order valence-electron chi connectivity index (χ4n) is 12.4. The summed E-state index contributed by atoms with van der Waals surface area (Å²) in [5.41, 5.74) is 14.5. The van der Waals surface area contributed by atoms with Gasteiger partial charge in [0.25, 0.3) is 0 Å². The number of nitrogens with zero attached hydrogens (tertiary/aromatic N) is 3. The first-order valence-corrected chi connectivity index (χ1v) is 31.8. The topological polar surface area (TPSA) is 131 Å². The molecule has 88 heavy (non-hydrogen) atoms. The number of hydrogen-bond acceptors (Lipinski definition) is 9. The van der Waals surface area contributed by atoms with Gasteiger partial charge in [-0.1, -0.05) is 212 Å². The van der Waals surface area contributed by atoms with Crippen LogP contribution in [0.3, 0.4) is 0 Å². The lowest BCUT2D eigenvalue weighted by atomic mass is 9.87. The molecule has 3 unspecified atom stereocenters. The zero-order valence-corrected chi connectivity index (χ0v) is 52.6. The highest BCUT2D eigenvalue weighted by Crippen LogP contribution is 2.44. The third-order valence-corrected chi connectivity index (χ3v) is 18.6. The predicted molar refractivity (Wildman–Crippen MR) is 366 cm³/mol. The minimum absolute atomic E-state index is 0.0457. The molecule has 9 aromatic rings. The minimum Gasteiger partial charge on any atom is -0.504 e. The molecule has 6 N–H and O–H groups in total. The molecule has 3 aliphatic heterocycles. The van der Waals surface area contributed by atoms with Crippen molar-refractivity contribution in [2.75, 3.05) is 19.6 Å². The van der Waals surface area contributed by atoms with Gasteiger partial charge in [-0.15, -0.1) is 0 Å². The highest BCUT2D eigenvalue weighted by Gasteiger charge is 2.34. The van der Waals surface area contributed by atoms with Crippen molar-refractivity contribution in [2.24, 2.45) is 0 Å². The van der Waals surface area contributed by atoms with Gasteiger partial charge >= 0.3 is 0 Å². The average molecular weight is 1250 g/mol. The maximum atomic E-state index is 10.2. The van der Waals surface area contributed by atoms with Crippen LogP contribution in [-0.2, 0) is 38.5 Å². The molecule has 9 aromatic carbocycles. The van der Waals surface area contributed by atoms with Crippen LogP contribution in [0.2, 0.25) is 5.02 Å². The first-order chi connectivity index (χ1) is 42.7. The molecule has 0 radical (unpaired) electrons. The number of aromatic hydroxyl groups is 6. The van der Waals surface area contributed by atoms with Crippen LogP contribution < -0.4 is 0 Å². The molecule has 0 bridgehead atoms. The van der Waals surface area contributed by atoms with Gasteiger partial charge in [-0.25, -0.2) is 0 Å². The molecular weight excluding hydrogens is 1170 g/mol. The van der Waals surface area contributed by atoms with E-state index in [9.17, 15) is 30.6 Å². The lowest BCUT2D eigenvalue weighted by Gasteiger charge is -2.39. The van der Waals surface area contributed by atoms with Crippen molar-refractivity contribution in [3.05, 3.63) is 284 Å². The third-order valence-electron chi connectivity index (χ3n) is 16.9. The number of fused-ring (bicyclic) bond motifs is 3. The summed E-state index contributed by atoms with van der Waals surface area (Å²) in [5.74, 6) is -0.462. The molecule has 0 spiro atoms. The zero-order chi connectivity index (χ0) is 61.7. The lowest BCUT2D eigenvalue weighted by Crippen LogP contribution is -2.39. The summed E-state index contributed by atoms with van der Waals surface area (Å²) in [7, 11) is 0. The first kappa shape index (κ1) is 62.8.